The molecule has 20 heavy (non-hydrogen) atoms. The third-order valence-corrected chi connectivity index (χ3v) is 3.63. The van der Waals surface area contributed by atoms with Crippen LogP contribution in [0.2, 0.25) is 0 Å². The summed E-state index contributed by atoms with van der Waals surface area (Å²) in [6.45, 7) is 0.264. The van der Waals surface area contributed by atoms with E-state index in [1.807, 2.05) is 35.2 Å². The number of nitrogens with zero attached hydrogens (tertiary/aromatic N) is 2. The molecule has 2 aromatic rings. The maximum absolute atomic E-state index is 11.8. The van der Waals surface area contributed by atoms with Gasteiger partial charge in [0.15, 0.2) is 0 Å². The second kappa shape index (κ2) is 4.99. The highest BCUT2D eigenvalue weighted by Gasteiger charge is 2.23. The first-order chi connectivity index (χ1) is 9.67. The number of nitrogens with one attached hydrogen (secondary N) is 1. The lowest BCUT2D eigenvalue weighted by atomic mass is 10.1. The van der Waals surface area contributed by atoms with Crippen LogP contribution in [0.5, 0.6) is 0 Å². The van der Waals surface area contributed by atoms with Crippen LogP contribution in [0.15, 0.2) is 46.9 Å². The van der Waals surface area contributed by atoms with Gasteiger partial charge in [-0.15, -0.1) is 0 Å². The topological polar surface area (TPSA) is 56.1 Å². The molecule has 3 rings (SSSR count). The number of hydrogen-bond acceptors (Lipinski definition) is 3. The summed E-state index contributed by atoms with van der Waals surface area (Å²) in [5.41, 5.74) is 3.21. The number of benzene rings is 2. The van der Waals surface area contributed by atoms with Crippen molar-refractivity contribution in [1.82, 2.24) is 0 Å². The Bertz CT molecular complexity index is 719. The van der Waals surface area contributed by atoms with Gasteiger partial charge in [-0.2, -0.15) is 5.26 Å². The quantitative estimate of drug-likeness (QED) is 0.873. The van der Waals surface area contributed by atoms with E-state index in [1.54, 1.807) is 12.1 Å². The van der Waals surface area contributed by atoms with Gasteiger partial charge in [-0.3, -0.25) is 4.79 Å². The van der Waals surface area contributed by atoms with E-state index in [-0.39, 0.29) is 12.5 Å². The number of fused-ring (bicyclic) bond motifs is 1. The number of amides is 1. The van der Waals surface area contributed by atoms with Crippen LogP contribution in [0, 0.1) is 11.3 Å². The van der Waals surface area contributed by atoms with E-state index in [0.29, 0.717) is 5.56 Å². The van der Waals surface area contributed by atoms with E-state index in [4.69, 9.17) is 5.26 Å². The largest absolute Gasteiger partial charge is 0.330 e. The Balaban J connectivity index is 2.06. The van der Waals surface area contributed by atoms with E-state index in [9.17, 15) is 4.79 Å². The Kier molecular flexibility index (Phi) is 3.17. The zero-order valence-electron chi connectivity index (χ0n) is 10.4. The molecule has 2 aromatic carbocycles. The number of carbonyl (C=O) groups excluding carboxylic acids is 1. The van der Waals surface area contributed by atoms with Crippen LogP contribution in [0.4, 0.5) is 17.1 Å². The van der Waals surface area contributed by atoms with Crippen molar-refractivity contribution in [2.75, 3.05) is 16.8 Å². The van der Waals surface area contributed by atoms with Crippen LogP contribution >= 0.6 is 15.9 Å². The van der Waals surface area contributed by atoms with Gasteiger partial charge in [-0.1, -0.05) is 15.9 Å². The minimum Gasteiger partial charge on any atom is -0.330 e. The Morgan fingerprint density at radius 1 is 1.20 bits per heavy atom. The SMILES string of the molecule is N#Cc1ccc(N2CC(=O)Nc3cc(Br)ccc32)cc1. The molecule has 0 radical (unpaired) electrons. The highest BCUT2D eigenvalue weighted by atomic mass is 79.9. The van der Waals surface area contributed by atoms with Gasteiger partial charge in [0.05, 0.1) is 23.0 Å². The minimum atomic E-state index is -0.0556. The molecule has 1 heterocycles. The summed E-state index contributed by atoms with van der Waals surface area (Å²) in [7, 11) is 0. The monoisotopic (exact) mass is 327 g/mol. The maximum Gasteiger partial charge on any atom is 0.244 e. The smallest absolute Gasteiger partial charge is 0.244 e. The summed E-state index contributed by atoms with van der Waals surface area (Å²) in [6, 6.07) is 15.1. The molecule has 0 saturated carbocycles. The van der Waals surface area contributed by atoms with Crippen molar-refractivity contribution in [2.45, 2.75) is 0 Å². The average Bonchev–Trinajstić information content (AvgIpc) is 2.46. The molecule has 0 aromatic heterocycles. The number of halogens is 1. The van der Waals surface area contributed by atoms with Crippen molar-refractivity contribution in [1.29, 1.82) is 5.26 Å². The van der Waals surface area contributed by atoms with Gasteiger partial charge in [0, 0.05) is 10.2 Å². The Morgan fingerprint density at radius 2 is 1.95 bits per heavy atom. The van der Waals surface area contributed by atoms with Gasteiger partial charge in [-0.25, -0.2) is 0 Å². The molecule has 5 heteroatoms. The van der Waals surface area contributed by atoms with Crippen LogP contribution < -0.4 is 10.2 Å². The van der Waals surface area contributed by atoms with Crippen molar-refractivity contribution in [2.24, 2.45) is 0 Å². The first-order valence-electron chi connectivity index (χ1n) is 6.04. The summed E-state index contributed by atoms with van der Waals surface area (Å²) < 4.78 is 0.915. The highest BCUT2D eigenvalue weighted by Crippen LogP contribution is 2.36. The second-order valence-electron chi connectivity index (χ2n) is 4.45. The van der Waals surface area contributed by atoms with Crippen molar-refractivity contribution in [3.63, 3.8) is 0 Å². The molecule has 0 spiro atoms. The second-order valence-corrected chi connectivity index (χ2v) is 5.37. The van der Waals surface area contributed by atoms with Gasteiger partial charge in [-0.05, 0) is 42.5 Å². The zero-order valence-corrected chi connectivity index (χ0v) is 12.0. The first-order valence-corrected chi connectivity index (χ1v) is 6.84. The Hall–Kier alpha value is -2.32. The van der Waals surface area contributed by atoms with Gasteiger partial charge in [0.25, 0.3) is 0 Å². The van der Waals surface area contributed by atoms with Crippen LogP contribution in [-0.2, 0) is 4.79 Å². The molecule has 98 valence electrons. The van der Waals surface area contributed by atoms with Crippen LogP contribution in [0.1, 0.15) is 5.56 Å². The van der Waals surface area contributed by atoms with Crippen LogP contribution in [-0.4, -0.2) is 12.5 Å². The number of anilines is 3. The van der Waals surface area contributed by atoms with Crippen LogP contribution in [0.25, 0.3) is 0 Å². The fourth-order valence-corrected chi connectivity index (χ4v) is 2.57. The normalized spacial score (nSPS) is 13.4. The fourth-order valence-electron chi connectivity index (χ4n) is 2.21. The summed E-state index contributed by atoms with van der Waals surface area (Å²) >= 11 is 3.40. The van der Waals surface area contributed by atoms with E-state index in [2.05, 4.69) is 27.3 Å². The van der Waals surface area contributed by atoms with E-state index < -0.39 is 0 Å². The molecule has 0 unspecified atom stereocenters. The van der Waals surface area contributed by atoms with Gasteiger partial charge in [0.1, 0.15) is 6.54 Å². The zero-order chi connectivity index (χ0) is 14.1. The number of nitriles is 1. The summed E-state index contributed by atoms with van der Waals surface area (Å²) in [6.07, 6.45) is 0. The van der Waals surface area contributed by atoms with Gasteiger partial charge >= 0.3 is 0 Å². The summed E-state index contributed by atoms with van der Waals surface area (Å²) in [4.78, 5) is 13.8. The molecular formula is C15H10BrN3O. The average molecular weight is 328 g/mol. The summed E-state index contributed by atoms with van der Waals surface area (Å²) in [5, 5.41) is 11.7. The standard InChI is InChI=1S/C15H10BrN3O/c16-11-3-6-14-13(7-11)18-15(20)9-19(14)12-4-1-10(8-17)2-5-12/h1-7H,9H2,(H,18,20). The molecule has 0 fully saturated rings. The van der Waals surface area contributed by atoms with Gasteiger partial charge < -0.3 is 10.2 Å². The number of carbonyl (C=O) groups is 1. The minimum absolute atomic E-state index is 0.0556. The van der Waals surface area contributed by atoms with Crippen molar-refractivity contribution in [3.05, 3.63) is 52.5 Å². The van der Waals surface area contributed by atoms with Crippen molar-refractivity contribution < 1.29 is 4.79 Å². The molecule has 1 amide bonds. The predicted molar refractivity (Wildman–Crippen MR) is 80.9 cm³/mol. The highest BCUT2D eigenvalue weighted by molar-refractivity contribution is 9.10. The summed E-state index contributed by atoms with van der Waals surface area (Å²) in [5.74, 6) is -0.0556. The maximum atomic E-state index is 11.8. The van der Waals surface area contributed by atoms with Crippen molar-refractivity contribution in [3.8, 4) is 6.07 Å². The number of hydrogen-bond donors (Lipinski definition) is 1. The molecule has 0 atom stereocenters. The molecule has 1 N–H and O–H groups in total. The van der Waals surface area contributed by atoms with E-state index in [0.717, 1.165) is 21.5 Å². The lowest BCUT2D eigenvalue weighted by Gasteiger charge is -2.31. The molecular weight excluding hydrogens is 318 g/mol. The lowest BCUT2D eigenvalue weighted by Crippen LogP contribution is -2.34. The lowest BCUT2D eigenvalue weighted by molar-refractivity contribution is -0.115. The van der Waals surface area contributed by atoms with Crippen LogP contribution in [0.3, 0.4) is 0 Å². The Labute approximate surface area is 124 Å². The third kappa shape index (κ3) is 2.26. The number of rotatable bonds is 1. The molecule has 1 aliphatic heterocycles. The molecule has 0 bridgehead atoms. The predicted octanol–water partition coefficient (Wildman–Crippen LogP) is 3.41. The van der Waals surface area contributed by atoms with Gasteiger partial charge in [0.2, 0.25) is 5.91 Å². The molecule has 0 aliphatic carbocycles. The molecule has 1 aliphatic rings. The molecule has 0 saturated heterocycles. The molecule has 4 nitrogen and oxygen atoms in total. The van der Waals surface area contributed by atoms with E-state index in [1.165, 1.54) is 0 Å². The Morgan fingerprint density at radius 3 is 2.65 bits per heavy atom. The van der Waals surface area contributed by atoms with Crippen molar-refractivity contribution >= 4 is 38.9 Å². The fraction of sp³-hybridized carbons (Fsp3) is 0.0667. The van der Waals surface area contributed by atoms with E-state index >= 15 is 0 Å². The first kappa shape index (κ1) is 12.7. The third-order valence-electron chi connectivity index (χ3n) is 3.13.